The van der Waals surface area contributed by atoms with Crippen molar-refractivity contribution in [3.05, 3.63) is 46.5 Å². The number of hydrogen-bond donors (Lipinski definition) is 1. The van der Waals surface area contributed by atoms with Crippen LogP contribution in [0, 0.1) is 6.92 Å². The van der Waals surface area contributed by atoms with Gasteiger partial charge >= 0.3 is 0 Å². The zero-order chi connectivity index (χ0) is 14.0. The molecule has 0 saturated carbocycles. The lowest BCUT2D eigenvalue weighted by Crippen LogP contribution is -2.12. The highest BCUT2D eigenvalue weighted by Crippen LogP contribution is 2.26. The Hall–Kier alpha value is -1.39. The van der Waals surface area contributed by atoms with Gasteiger partial charge in [0, 0.05) is 17.5 Å². The third-order valence-corrected chi connectivity index (χ3v) is 3.59. The summed E-state index contributed by atoms with van der Waals surface area (Å²) in [6.07, 6.45) is 1.33. The quantitative estimate of drug-likeness (QED) is 0.936. The number of nitrogens with zero attached hydrogens (tertiary/aromatic N) is 3. The molecular formula is C14H18ClN3O. The van der Waals surface area contributed by atoms with Crippen LogP contribution in [-0.2, 0) is 6.42 Å². The van der Waals surface area contributed by atoms with E-state index in [1.165, 1.54) is 6.33 Å². The van der Waals surface area contributed by atoms with Crippen LogP contribution in [0.4, 0.5) is 0 Å². The van der Waals surface area contributed by atoms with Gasteiger partial charge in [-0.05, 0) is 38.0 Å². The molecule has 2 rings (SSSR count). The molecule has 0 aliphatic heterocycles. The molecule has 0 fully saturated rings. The molecule has 19 heavy (non-hydrogen) atoms. The summed E-state index contributed by atoms with van der Waals surface area (Å²) in [7, 11) is 0. The molecule has 0 saturated heterocycles. The number of hydrogen-bond acceptors (Lipinski definition) is 3. The molecule has 0 amide bonds. The Balaban J connectivity index is 2.23. The Bertz CT molecular complexity index is 566. The van der Waals surface area contributed by atoms with E-state index < -0.39 is 6.10 Å². The van der Waals surface area contributed by atoms with E-state index in [2.05, 4.69) is 10.1 Å². The molecule has 2 aromatic rings. The predicted octanol–water partition coefficient (Wildman–Crippen LogP) is 3.10. The van der Waals surface area contributed by atoms with Crippen LogP contribution in [0.5, 0.6) is 0 Å². The Morgan fingerprint density at radius 3 is 2.79 bits per heavy atom. The summed E-state index contributed by atoms with van der Waals surface area (Å²) in [6.45, 7) is 5.98. The molecule has 0 aliphatic carbocycles. The van der Waals surface area contributed by atoms with E-state index >= 15 is 0 Å². The Morgan fingerprint density at radius 1 is 1.37 bits per heavy atom. The van der Waals surface area contributed by atoms with Gasteiger partial charge < -0.3 is 5.11 Å². The van der Waals surface area contributed by atoms with Gasteiger partial charge in [0.25, 0.3) is 0 Å². The van der Waals surface area contributed by atoms with Crippen molar-refractivity contribution in [2.45, 2.75) is 39.3 Å². The predicted molar refractivity (Wildman–Crippen MR) is 75.3 cm³/mol. The summed E-state index contributed by atoms with van der Waals surface area (Å²) in [5.74, 6) is 0.780. The second-order valence-corrected chi connectivity index (χ2v) is 5.30. The molecule has 1 atom stereocenters. The monoisotopic (exact) mass is 279 g/mol. The first-order chi connectivity index (χ1) is 9.00. The smallest absolute Gasteiger partial charge is 0.138 e. The molecule has 5 heteroatoms. The molecule has 1 unspecified atom stereocenters. The van der Waals surface area contributed by atoms with E-state index in [0.29, 0.717) is 11.4 Å². The van der Waals surface area contributed by atoms with Crippen LogP contribution in [0.3, 0.4) is 0 Å². The molecule has 1 aromatic carbocycles. The lowest BCUT2D eigenvalue weighted by atomic mass is 10.0. The lowest BCUT2D eigenvalue weighted by molar-refractivity contribution is 0.172. The molecule has 1 heterocycles. The fraction of sp³-hybridized carbons (Fsp3) is 0.429. The summed E-state index contributed by atoms with van der Waals surface area (Å²) in [6, 6.07) is 5.79. The van der Waals surface area contributed by atoms with Crippen molar-refractivity contribution < 1.29 is 5.11 Å². The number of benzene rings is 1. The summed E-state index contributed by atoms with van der Waals surface area (Å²) in [5.41, 5.74) is 1.75. The van der Waals surface area contributed by atoms with E-state index in [4.69, 9.17) is 11.6 Å². The molecule has 0 bridgehead atoms. The van der Waals surface area contributed by atoms with Gasteiger partial charge in [-0.25, -0.2) is 9.67 Å². The summed E-state index contributed by atoms with van der Waals surface area (Å²) in [4.78, 5) is 4.21. The highest BCUT2D eigenvalue weighted by atomic mass is 35.5. The second-order valence-electron chi connectivity index (χ2n) is 4.89. The minimum atomic E-state index is -0.625. The number of aliphatic hydroxyl groups excluding tert-OH is 1. The van der Waals surface area contributed by atoms with Crippen LogP contribution in [0.25, 0.3) is 0 Å². The SMILES string of the molecule is Cc1c(Cl)cccc1C(O)Cc1ncnn1C(C)C. The van der Waals surface area contributed by atoms with Crippen molar-refractivity contribution >= 4 is 11.6 Å². The molecule has 0 aliphatic rings. The fourth-order valence-electron chi connectivity index (χ4n) is 2.12. The van der Waals surface area contributed by atoms with Gasteiger partial charge in [-0.2, -0.15) is 5.10 Å². The Kier molecular flexibility index (Phi) is 4.22. The van der Waals surface area contributed by atoms with E-state index in [9.17, 15) is 5.11 Å². The molecule has 0 spiro atoms. The highest BCUT2D eigenvalue weighted by Gasteiger charge is 2.17. The van der Waals surface area contributed by atoms with E-state index in [0.717, 1.165) is 17.0 Å². The van der Waals surface area contributed by atoms with E-state index in [1.807, 2.05) is 43.7 Å². The summed E-state index contributed by atoms with van der Waals surface area (Å²) < 4.78 is 1.82. The average Bonchev–Trinajstić information content (AvgIpc) is 2.80. The summed E-state index contributed by atoms with van der Waals surface area (Å²) >= 11 is 6.08. The van der Waals surface area contributed by atoms with Crippen molar-refractivity contribution in [2.24, 2.45) is 0 Å². The number of aromatic nitrogens is 3. The van der Waals surface area contributed by atoms with Gasteiger partial charge in [0.2, 0.25) is 0 Å². The first kappa shape index (κ1) is 14.0. The van der Waals surface area contributed by atoms with Gasteiger partial charge in [0.15, 0.2) is 0 Å². The molecule has 1 aromatic heterocycles. The molecule has 102 valence electrons. The van der Waals surface area contributed by atoms with Crippen LogP contribution in [-0.4, -0.2) is 19.9 Å². The van der Waals surface area contributed by atoms with Crippen molar-refractivity contribution in [1.82, 2.24) is 14.8 Å². The van der Waals surface area contributed by atoms with Crippen LogP contribution in [0.1, 0.15) is 42.9 Å². The maximum Gasteiger partial charge on any atom is 0.138 e. The minimum absolute atomic E-state index is 0.227. The van der Waals surface area contributed by atoms with Crippen molar-refractivity contribution in [3.63, 3.8) is 0 Å². The fourth-order valence-corrected chi connectivity index (χ4v) is 2.30. The first-order valence-electron chi connectivity index (χ1n) is 6.32. The van der Waals surface area contributed by atoms with Crippen molar-refractivity contribution in [2.75, 3.05) is 0 Å². The topological polar surface area (TPSA) is 50.9 Å². The third kappa shape index (κ3) is 2.96. The number of halogens is 1. The molecule has 1 N–H and O–H groups in total. The van der Waals surface area contributed by atoms with Crippen molar-refractivity contribution in [1.29, 1.82) is 0 Å². The number of rotatable bonds is 4. The molecular weight excluding hydrogens is 262 g/mol. The standard InChI is InChI=1S/C14H18ClN3O/c1-9(2)18-14(16-8-17-18)7-13(19)11-5-4-6-12(15)10(11)3/h4-6,8-9,13,19H,7H2,1-3H3. The zero-order valence-corrected chi connectivity index (χ0v) is 12.1. The van der Waals surface area contributed by atoms with Crippen LogP contribution < -0.4 is 0 Å². The van der Waals surface area contributed by atoms with Gasteiger partial charge in [-0.15, -0.1) is 0 Å². The highest BCUT2D eigenvalue weighted by molar-refractivity contribution is 6.31. The Labute approximate surface area is 118 Å². The normalized spacial score (nSPS) is 12.9. The Morgan fingerprint density at radius 2 is 2.11 bits per heavy atom. The van der Waals surface area contributed by atoms with E-state index in [1.54, 1.807) is 0 Å². The second kappa shape index (κ2) is 5.72. The largest absolute Gasteiger partial charge is 0.388 e. The van der Waals surface area contributed by atoms with Gasteiger partial charge in [-0.3, -0.25) is 0 Å². The van der Waals surface area contributed by atoms with E-state index in [-0.39, 0.29) is 6.04 Å². The molecule has 0 radical (unpaired) electrons. The van der Waals surface area contributed by atoms with Gasteiger partial charge in [0.1, 0.15) is 12.2 Å². The maximum absolute atomic E-state index is 10.4. The van der Waals surface area contributed by atoms with Crippen LogP contribution >= 0.6 is 11.6 Å². The van der Waals surface area contributed by atoms with Gasteiger partial charge in [-0.1, -0.05) is 23.7 Å². The summed E-state index contributed by atoms with van der Waals surface area (Å²) in [5, 5.41) is 15.2. The molecule has 4 nitrogen and oxygen atoms in total. The first-order valence-corrected chi connectivity index (χ1v) is 6.70. The zero-order valence-electron chi connectivity index (χ0n) is 11.3. The van der Waals surface area contributed by atoms with Gasteiger partial charge in [0.05, 0.1) is 6.10 Å². The average molecular weight is 280 g/mol. The number of aliphatic hydroxyl groups is 1. The maximum atomic E-state index is 10.4. The van der Waals surface area contributed by atoms with Crippen LogP contribution in [0.2, 0.25) is 5.02 Å². The van der Waals surface area contributed by atoms with Crippen molar-refractivity contribution in [3.8, 4) is 0 Å². The van der Waals surface area contributed by atoms with Crippen LogP contribution in [0.15, 0.2) is 24.5 Å². The lowest BCUT2D eigenvalue weighted by Gasteiger charge is -2.16. The minimum Gasteiger partial charge on any atom is -0.388 e. The third-order valence-electron chi connectivity index (χ3n) is 3.18.